The minimum absolute atomic E-state index is 0.210. The zero-order valence-corrected chi connectivity index (χ0v) is 10.3. The molecular weight excluding hydrogens is 246 g/mol. The molecule has 19 heavy (non-hydrogen) atoms. The van der Waals surface area contributed by atoms with Crippen LogP contribution in [-0.4, -0.2) is 33.6 Å². The normalized spacial score (nSPS) is 15.4. The predicted octanol–water partition coefficient (Wildman–Crippen LogP) is -0.438. The molecule has 0 aromatic carbocycles. The van der Waals surface area contributed by atoms with Gasteiger partial charge in [-0.1, -0.05) is 0 Å². The molecule has 2 aromatic rings. The van der Waals surface area contributed by atoms with E-state index in [1.54, 1.807) is 29.1 Å². The number of hydrogen-bond donors (Lipinski definition) is 2. The Labute approximate surface area is 109 Å². The van der Waals surface area contributed by atoms with E-state index in [1.807, 2.05) is 6.20 Å². The molecule has 0 amide bonds. The summed E-state index contributed by atoms with van der Waals surface area (Å²) in [4.78, 5) is 11.9. The molecule has 0 unspecified atom stereocenters. The van der Waals surface area contributed by atoms with Gasteiger partial charge >= 0.3 is 0 Å². The number of nitrogens with one attached hydrogen (secondary N) is 1. The van der Waals surface area contributed by atoms with Crippen LogP contribution in [0.5, 0.6) is 0 Å². The molecule has 0 aliphatic carbocycles. The Morgan fingerprint density at radius 3 is 3.00 bits per heavy atom. The maximum absolute atomic E-state index is 11.9. The number of anilines is 1. The van der Waals surface area contributed by atoms with Gasteiger partial charge in [-0.25, -0.2) is 0 Å². The van der Waals surface area contributed by atoms with Crippen LogP contribution in [0.15, 0.2) is 35.4 Å². The summed E-state index contributed by atoms with van der Waals surface area (Å²) >= 11 is 0. The van der Waals surface area contributed by atoms with Crippen molar-refractivity contribution in [2.45, 2.75) is 12.7 Å². The topological polar surface area (TPSA) is 87.1 Å². The number of ether oxygens (including phenoxy) is 1. The van der Waals surface area contributed by atoms with E-state index in [1.165, 1.54) is 4.57 Å². The van der Waals surface area contributed by atoms with Crippen LogP contribution in [-0.2, 0) is 11.4 Å². The molecule has 100 valence electrons. The molecule has 0 atom stereocenters. The van der Waals surface area contributed by atoms with Gasteiger partial charge in [0.1, 0.15) is 0 Å². The highest BCUT2D eigenvalue weighted by Crippen LogP contribution is 2.04. The third-order valence-electron chi connectivity index (χ3n) is 3.03. The Kier molecular flexibility index (Phi) is 3.06. The van der Waals surface area contributed by atoms with Crippen molar-refractivity contribution < 1.29 is 4.74 Å². The molecule has 1 saturated heterocycles. The number of pyridine rings is 1. The summed E-state index contributed by atoms with van der Waals surface area (Å²) in [6.45, 7) is 2.07. The van der Waals surface area contributed by atoms with Gasteiger partial charge in [-0.15, -0.1) is 0 Å². The van der Waals surface area contributed by atoms with Gasteiger partial charge in [0.05, 0.1) is 31.6 Å². The highest BCUT2D eigenvalue weighted by atomic mass is 16.5. The van der Waals surface area contributed by atoms with E-state index < -0.39 is 0 Å². The van der Waals surface area contributed by atoms with Gasteiger partial charge < -0.3 is 10.5 Å². The van der Waals surface area contributed by atoms with Gasteiger partial charge in [0.2, 0.25) is 0 Å². The van der Waals surface area contributed by atoms with Crippen LogP contribution >= 0.6 is 0 Å². The first-order valence-corrected chi connectivity index (χ1v) is 6.06. The summed E-state index contributed by atoms with van der Waals surface area (Å²) < 4.78 is 8.24. The van der Waals surface area contributed by atoms with Crippen LogP contribution in [0.1, 0.15) is 0 Å². The number of hydrogen-bond acceptors (Lipinski definition) is 5. The zero-order valence-electron chi connectivity index (χ0n) is 10.3. The predicted molar refractivity (Wildman–Crippen MR) is 70.0 cm³/mol. The number of rotatable bonds is 4. The van der Waals surface area contributed by atoms with E-state index in [-0.39, 0.29) is 11.2 Å². The molecule has 7 nitrogen and oxygen atoms in total. The van der Waals surface area contributed by atoms with Crippen LogP contribution < -0.4 is 16.6 Å². The smallest absolute Gasteiger partial charge is 0.279 e. The summed E-state index contributed by atoms with van der Waals surface area (Å²) in [6, 6.07) is 5.47. The van der Waals surface area contributed by atoms with E-state index in [2.05, 4.69) is 10.4 Å². The minimum Gasteiger partial charge on any atom is -0.394 e. The largest absolute Gasteiger partial charge is 0.394 e. The van der Waals surface area contributed by atoms with Gasteiger partial charge in [-0.2, -0.15) is 5.10 Å². The second kappa shape index (κ2) is 4.87. The van der Waals surface area contributed by atoms with Crippen LogP contribution in [0.3, 0.4) is 0 Å². The van der Waals surface area contributed by atoms with Gasteiger partial charge in [0, 0.05) is 18.5 Å². The molecule has 0 radical (unpaired) electrons. The van der Waals surface area contributed by atoms with E-state index in [9.17, 15) is 4.79 Å². The second-order valence-corrected chi connectivity index (χ2v) is 4.45. The number of nitrogen functional groups attached to an aromatic ring is 1. The average molecular weight is 261 g/mol. The van der Waals surface area contributed by atoms with Crippen molar-refractivity contribution in [3.05, 3.63) is 40.9 Å². The lowest BCUT2D eigenvalue weighted by Gasteiger charge is -2.26. The molecule has 3 heterocycles. The van der Waals surface area contributed by atoms with Crippen molar-refractivity contribution in [2.24, 2.45) is 0 Å². The maximum Gasteiger partial charge on any atom is 0.279 e. The molecular formula is C12H15N5O2. The Morgan fingerprint density at radius 2 is 2.26 bits per heavy atom. The third kappa shape index (κ3) is 2.38. The van der Waals surface area contributed by atoms with Crippen molar-refractivity contribution >= 4 is 5.69 Å². The van der Waals surface area contributed by atoms with Gasteiger partial charge in [-0.3, -0.25) is 19.4 Å². The Hall–Kier alpha value is -2.12. The lowest BCUT2D eigenvalue weighted by molar-refractivity contribution is -0.00882. The first-order valence-electron chi connectivity index (χ1n) is 6.06. The molecule has 2 aromatic heterocycles. The van der Waals surface area contributed by atoms with Crippen molar-refractivity contribution in [1.29, 1.82) is 0 Å². The fourth-order valence-corrected chi connectivity index (χ4v) is 1.83. The lowest BCUT2D eigenvalue weighted by Crippen LogP contribution is -2.46. The van der Waals surface area contributed by atoms with Crippen LogP contribution in [0.25, 0.3) is 5.82 Å². The molecule has 0 spiro atoms. The minimum atomic E-state index is -0.256. The SMILES string of the molecule is Nc1cccn(-c2ccn(CNC3COC3)n2)c1=O. The molecule has 3 rings (SSSR count). The summed E-state index contributed by atoms with van der Waals surface area (Å²) in [6.07, 6.45) is 3.47. The zero-order chi connectivity index (χ0) is 13.2. The van der Waals surface area contributed by atoms with Crippen molar-refractivity contribution in [3.8, 4) is 5.82 Å². The van der Waals surface area contributed by atoms with Crippen molar-refractivity contribution in [2.75, 3.05) is 18.9 Å². The summed E-state index contributed by atoms with van der Waals surface area (Å²) in [7, 11) is 0. The van der Waals surface area contributed by atoms with Gasteiger partial charge in [-0.05, 0) is 12.1 Å². The highest BCUT2D eigenvalue weighted by Gasteiger charge is 2.17. The highest BCUT2D eigenvalue weighted by molar-refractivity contribution is 5.37. The lowest BCUT2D eigenvalue weighted by atomic mass is 10.3. The fourth-order valence-electron chi connectivity index (χ4n) is 1.83. The first-order chi connectivity index (χ1) is 9.24. The molecule has 7 heteroatoms. The number of nitrogens with two attached hydrogens (primary N) is 1. The summed E-state index contributed by atoms with van der Waals surface area (Å²) in [5, 5.41) is 7.62. The van der Waals surface area contributed by atoms with E-state index in [4.69, 9.17) is 10.5 Å². The van der Waals surface area contributed by atoms with E-state index in [0.29, 0.717) is 18.5 Å². The van der Waals surface area contributed by atoms with Gasteiger partial charge in [0.25, 0.3) is 5.56 Å². The average Bonchev–Trinajstić information content (AvgIpc) is 2.79. The summed E-state index contributed by atoms with van der Waals surface area (Å²) in [5.74, 6) is 0.559. The maximum atomic E-state index is 11.9. The van der Waals surface area contributed by atoms with Gasteiger partial charge in [0.15, 0.2) is 5.82 Å². The van der Waals surface area contributed by atoms with E-state index in [0.717, 1.165) is 13.2 Å². The molecule has 0 bridgehead atoms. The Morgan fingerprint density at radius 1 is 1.42 bits per heavy atom. The number of aromatic nitrogens is 3. The second-order valence-electron chi connectivity index (χ2n) is 4.45. The van der Waals surface area contributed by atoms with Crippen LogP contribution in [0, 0.1) is 0 Å². The quantitative estimate of drug-likeness (QED) is 0.779. The van der Waals surface area contributed by atoms with Crippen molar-refractivity contribution in [3.63, 3.8) is 0 Å². The number of nitrogens with zero attached hydrogens (tertiary/aromatic N) is 3. The first kappa shape index (κ1) is 11.9. The van der Waals surface area contributed by atoms with Crippen molar-refractivity contribution in [1.82, 2.24) is 19.7 Å². The fraction of sp³-hybridized carbons (Fsp3) is 0.333. The Balaban J connectivity index is 1.76. The molecule has 0 saturated carbocycles. The van der Waals surface area contributed by atoms with Crippen LogP contribution in [0.2, 0.25) is 0 Å². The standard InChI is InChI=1S/C12H15N5O2/c13-10-2-1-4-17(12(10)18)11-3-5-16(15-11)8-14-9-6-19-7-9/h1-5,9,14H,6-8,13H2. The monoisotopic (exact) mass is 261 g/mol. The molecule has 3 N–H and O–H groups in total. The van der Waals surface area contributed by atoms with Crippen LogP contribution in [0.4, 0.5) is 5.69 Å². The molecule has 1 aliphatic rings. The third-order valence-corrected chi connectivity index (χ3v) is 3.03. The van der Waals surface area contributed by atoms with E-state index >= 15 is 0 Å². The molecule has 1 aliphatic heterocycles. The summed E-state index contributed by atoms with van der Waals surface area (Å²) in [5.41, 5.74) is 5.55. The molecule has 1 fully saturated rings. The Bertz CT molecular complexity index is 629.